The average Bonchev–Trinajstić information content (AvgIpc) is 3.53. The molecule has 0 unspecified atom stereocenters. The summed E-state index contributed by atoms with van der Waals surface area (Å²) in [7, 11) is 0. The molecule has 1 aliphatic rings. The van der Waals surface area contributed by atoms with Crippen molar-refractivity contribution in [1.29, 1.82) is 0 Å². The van der Waals surface area contributed by atoms with E-state index in [9.17, 15) is 0 Å². The largest absolute Gasteiger partial charge is 0.491 e. The smallest absolute Gasteiger partial charge is 0.127 e. The molecule has 0 aliphatic carbocycles. The number of ether oxygens (including phenoxy) is 23. The molecule has 23 nitrogen and oxygen atoms in total. The van der Waals surface area contributed by atoms with Crippen LogP contribution < -0.4 is 9.47 Å². The Morgan fingerprint density at radius 3 is 0.432 bits per heavy atom. The van der Waals surface area contributed by atoms with E-state index in [-0.39, 0.29) is 0 Å². The van der Waals surface area contributed by atoms with Crippen LogP contribution in [-0.4, -0.2) is 291 Å². The van der Waals surface area contributed by atoms with E-state index in [0.717, 1.165) is 20.1 Å². The molecule has 0 fully saturated rings. The Labute approximate surface area is 497 Å². The topological polar surface area (TPSA) is 212 Å². The predicted octanol–water partition coefficient (Wildman–Crippen LogP) is 5.00. The minimum atomic E-state index is 0.356. The second-order valence-corrected chi connectivity index (χ2v) is 18.7. The summed E-state index contributed by atoms with van der Waals surface area (Å²) in [6.45, 7) is 20.5. The predicted molar refractivity (Wildman–Crippen MR) is 305 cm³/mol. The Balaban J connectivity index is 1.22. The molecule has 0 saturated heterocycles. The lowest BCUT2D eigenvalue weighted by atomic mass is 10.0. The van der Waals surface area contributed by atoms with E-state index in [2.05, 4.69) is 31.9 Å². The lowest BCUT2D eigenvalue weighted by Crippen LogP contribution is -2.16. The van der Waals surface area contributed by atoms with E-state index in [1.165, 1.54) is 0 Å². The lowest BCUT2D eigenvalue weighted by molar-refractivity contribution is -0.0316. The number of hydrogen-bond donors (Lipinski definition) is 0. The van der Waals surface area contributed by atoms with Crippen molar-refractivity contribution in [1.82, 2.24) is 0 Å². The molecule has 0 bridgehead atoms. The highest BCUT2D eigenvalue weighted by Gasteiger charge is 2.14. The van der Waals surface area contributed by atoms with Gasteiger partial charge in [-0.3, -0.25) is 0 Å². The van der Waals surface area contributed by atoms with Crippen LogP contribution in [0.15, 0.2) is 45.3 Å². The number of hydrogen-bond acceptors (Lipinski definition) is 23. The molecule has 0 amide bonds. The Morgan fingerprint density at radius 1 is 0.173 bits per heavy atom. The van der Waals surface area contributed by atoms with Crippen LogP contribution in [0, 0.1) is 0 Å². The van der Waals surface area contributed by atoms with Crippen LogP contribution in [0.3, 0.4) is 0 Å². The minimum absolute atomic E-state index is 0.356. The van der Waals surface area contributed by atoms with Gasteiger partial charge in [-0.05, 0) is 36.4 Å². The standard InChI is InChI=1S/C56H94Br2O23/c57-51-1-3-55-53(49-51)54-50-52(58)2-4-56(54)81-48-46-79-44-42-77-40-38-75-36-34-73-32-30-71-28-26-69-24-22-67-20-18-65-16-14-63-12-10-61-8-6-59-5-7-60-9-11-62-13-15-64-17-19-66-21-23-68-25-27-70-29-31-72-33-35-74-37-39-76-41-43-78-45-47-80-55/h1-4,49-50H,5-48H2. The maximum Gasteiger partial charge on any atom is 0.127 e. The fourth-order valence-electron chi connectivity index (χ4n) is 6.60. The molecule has 2 aromatic rings. The van der Waals surface area contributed by atoms with Crippen LogP contribution in [0.2, 0.25) is 0 Å². The first-order chi connectivity index (χ1) is 40.2. The minimum Gasteiger partial charge on any atom is -0.491 e. The summed E-state index contributed by atoms with van der Waals surface area (Å²) in [5.41, 5.74) is 1.75. The van der Waals surface area contributed by atoms with Crippen LogP contribution in [-0.2, 0) is 99.5 Å². The normalized spacial score (nSPS) is 21.7. The van der Waals surface area contributed by atoms with E-state index in [0.29, 0.717) is 302 Å². The molecule has 0 radical (unpaired) electrons. The average molecular weight is 1300 g/mol. The fourth-order valence-corrected chi connectivity index (χ4v) is 7.32. The summed E-state index contributed by atoms with van der Waals surface area (Å²) in [6, 6.07) is 11.8. The highest BCUT2D eigenvalue weighted by Crippen LogP contribution is 2.40. The van der Waals surface area contributed by atoms with Gasteiger partial charge in [0.15, 0.2) is 0 Å². The van der Waals surface area contributed by atoms with Crippen molar-refractivity contribution >= 4 is 31.9 Å². The van der Waals surface area contributed by atoms with Crippen molar-refractivity contribution in [2.45, 2.75) is 0 Å². The van der Waals surface area contributed by atoms with E-state index in [4.69, 9.17) is 109 Å². The van der Waals surface area contributed by atoms with Crippen molar-refractivity contribution in [3.8, 4) is 22.6 Å². The van der Waals surface area contributed by atoms with Gasteiger partial charge in [0.05, 0.1) is 277 Å². The second kappa shape index (κ2) is 58.5. The molecule has 0 atom stereocenters. The molecular weight excluding hydrogens is 1200 g/mol. The molecule has 1 aliphatic heterocycles. The summed E-state index contributed by atoms with van der Waals surface area (Å²) < 4.78 is 131. The molecule has 470 valence electrons. The highest BCUT2D eigenvalue weighted by atomic mass is 79.9. The number of rotatable bonds is 0. The third-order valence-electron chi connectivity index (χ3n) is 10.6. The first-order valence-corrected chi connectivity index (χ1v) is 29.8. The molecule has 81 heavy (non-hydrogen) atoms. The summed E-state index contributed by atoms with van der Waals surface area (Å²) >= 11 is 7.23. The van der Waals surface area contributed by atoms with Crippen LogP contribution >= 0.6 is 31.9 Å². The third kappa shape index (κ3) is 47.1. The van der Waals surface area contributed by atoms with E-state index in [1.54, 1.807) is 0 Å². The fraction of sp³-hybridized carbons (Fsp3) is 0.786. The van der Waals surface area contributed by atoms with Gasteiger partial charge in [0.1, 0.15) is 24.7 Å². The van der Waals surface area contributed by atoms with Gasteiger partial charge in [0.25, 0.3) is 0 Å². The molecule has 25 heteroatoms. The Morgan fingerprint density at radius 2 is 0.296 bits per heavy atom. The zero-order valence-corrected chi connectivity index (χ0v) is 50.9. The van der Waals surface area contributed by atoms with Gasteiger partial charge in [-0.1, -0.05) is 31.9 Å². The van der Waals surface area contributed by atoms with Gasteiger partial charge < -0.3 is 109 Å². The van der Waals surface area contributed by atoms with Gasteiger partial charge in [0, 0.05) is 20.1 Å². The van der Waals surface area contributed by atoms with Crippen LogP contribution in [0.4, 0.5) is 0 Å². The van der Waals surface area contributed by atoms with E-state index >= 15 is 0 Å². The van der Waals surface area contributed by atoms with Crippen molar-refractivity contribution < 1.29 is 109 Å². The van der Waals surface area contributed by atoms with Crippen LogP contribution in [0.1, 0.15) is 0 Å². The summed E-state index contributed by atoms with van der Waals surface area (Å²) in [6.07, 6.45) is 0. The number of benzene rings is 2. The number of fused-ring (bicyclic) bond motifs is 3. The van der Waals surface area contributed by atoms with Crippen molar-refractivity contribution in [3.05, 3.63) is 45.3 Å². The molecular formula is C56H94Br2O23. The molecule has 1 heterocycles. The molecule has 0 N–H and O–H groups in total. The molecule has 2 aromatic carbocycles. The number of halogens is 2. The quantitative estimate of drug-likeness (QED) is 0.340. The first-order valence-electron chi connectivity index (χ1n) is 28.2. The van der Waals surface area contributed by atoms with Gasteiger partial charge in [0.2, 0.25) is 0 Å². The summed E-state index contributed by atoms with van der Waals surface area (Å²) in [5.74, 6) is 1.40. The SMILES string of the molecule is Brc1ccc2c(c1)-c1cc(Br)ccc1OCCOCCOCCOCCOCCOCCOCCOCCOCCOCCOCCOCCOCCOCCOCCOCCOCCOCCOCCOCCOCCOCCO2. The Bertz CT molecular complexity index is 1530. The van der Waals surface area contributed by atoms with Crippen molar-refractivity contribution in [2.24, 2.45) is 0 Å². The van der Waals surface area contributed by atoms with E-state index in [1.807, 2.05) is 36.4 Å². The maximum atomic E-state index is 6.19. The third-order valence-corrected chi connectivity index (χ3v) is 11.6. The Hall–Kier alpha value is -1.84. The second-order valence-electron chi connectivity index (χ2n) is 16.8. The summed E-state index contributed by atoms with van der Waals surface area (Å²) in [5, 5.41) is 0. The highest BCUT2D eigenvalue weighted by molar-refractivity contribution is 9.10. The van der Waals surface area contributed by atoms with Crippen molar-refractivity contribution in [2.75, 3.05) is 291 Å². The monoisotopic (exact) mass is 1290 g/mol. The van der Waals surface area contributed by atoms with Gasteiger partial charge in [-0.25, -0.2) is 0 Å². The lowest BCUT2D eigenvalue weighted by Gasteiger charge is -2.17. The van der Waals surface area contributed by atoms with Crippen LogP contribution in [0.25, 0.3) is 11.1 Å². The molecule has 0 aromatic heterocycles. The molecule has 0 spiro atoms. The maximum absolute atomic E-state index is 6.19. The van der Waals surface area contributed by atoms with Gasteiger partial charge >= 0.3 is 0 Å². The molecule has 0 saturated carbocycles. The van der Waals surface area contributed by atoms with E-state index < -0.39 is 0 Å². The first kappa shape index (κ1) is 73.4. The van der Waals surface area contributed by atoms with Crippen molar-refractivity contribution in [3.63, 3.8) is 0 Å². The summed E-state index contributed by atoms with van der Waals surface area (Å²) in [4.78, 5) is 0. The Kier molecular flexibility index (Phi) is 53.1. The van der Waals surface area contributed by atoms with Crippen LogP contribution in [0.5, 0.6) is 11.5 Å². The zero-order valence-electron chi connectivity index (χ0n) is 47.7. The molecule has 3 rings (SSSR count). The van der Waals surface area contributed by atoms with Gasteiger partial charge in [-0.15, -0.1) is 0 Å². The van der Waals surface area contributed by atoms with Gasteiger partial charge in [-0.2, -0.15) is 0 Å². The zero-order chi connectivity index (χ0) is 57.1.